The summed E-state index contributed by atoms with van der Waals surface area (Å²) in [5, 5.41) is 2.74. The molecule has 23 heavy (non-hydrogen) atoms. The lowest BCUT2D eigenvalue weighted by molar-refractivity contribution is -0.127. The number of rotatable bonds is 3. The number of benzene rings is 1. The Morgan fingerprint density at radius 1 is 1.26 bits per heavy atom. The third-order valence-electron chi connectivity index (χ3n) is 4.88. The third kappa shape index (κ3) is 3.98. The monoisotopic (exact) mass is 348 g/mol. The number of fused-ring (bicyclic) bond motifs is 2. The molecule has 2 fully saturated rings. The number of hydrogen-bond donors (Lipinski definition) is 2. The highest BCUT2D eigenvalue weighted by molar-refractivity contribution is 5.93. The van der Waals surface area contributed by atoms with Gasteiger partial charge in [-0.1, -0.05) is 12.1 Å². The number of nitrogens with one attached hydrogen (secondary N) is 1. The molecule has 2 aliphatic carbocycles. The van der Waals surface area contributed by atoms with Gasteiger partial charge < -0.3 is 11.1 Å². The van der Waals surface area contributed by atoms with E-state index < -0.39 is 12.6 Å². The molecule has 0 radical (unpaired) electrons. The molecule has 128 valence electrons. The molecule has 3 rings (SSSR count). The van der Waals surface area contributed by atoms with E-state index in [9.17, 15) is 18.0 Å². The Morgan fingerprint density at radius 3 is 2.57 bits per heavy atom. The van der Waals surface area contributed by atoms with Gasteiger partial charge in [-0.2, -0.15) is 13.2 Å². The van der Waals surface area contributed by atoms with Crippen LogP contribution in [-0.4, -0.2) is 18.1 Å². The van der Waals surface area contributed by atoms with Crippen LogP contribution < -0.4 is 11.1 Å². The Morgan fingerprint density at radius 2 is 1.96 bits per heavy atom. The number of alkyl halides is 3. The summed E-state index contributed by atoms with van der Waals surface area (Å²) >= 11 is 0. The van der Waals surface area contributed by atoms with E-state index in [-0.39, 0.29) is 35.8 Å². The predicted octanol–water partition coefficient (Wildman–Crippen LogP) is 3.53. The van der Waals surface area contributed by atoms with E-state index in [1.54, 1.807) is 6.07 Å². The van der Waals surface area contributed by atoms with Crippen molar-refractivity contribution in [2.45, 2.75) is 37.9 Å². The van der Waals surface area contributed by atoms with E-state index in [4.69, 9.17) is 5.73 Å². The van der Waals surface area contributed by atoms with Gasteiger partial charge in [-0.3, -0.25) is 4.79 Å². The fourth-order valence-electron chi connectivity index (χ4n) is 3.94. The number of nitrogens with two attached hydrogens (primary N) is 1. The second kappa shape index (κ2) is 6.69. The molecule has 0 aliphatic heterocycles. The molecular formula is C16H20ClF3N2O. The molecule has 2 aliphatic rings. The first kappa shape index (κ1) is 18.1. The maximum Gasteiger partial charge on any atom is 0.393 e. The molecule has 0 spiro atoms. The SMILES string of the molecule is Cl.NC1C2CCC(C2)C1C(=O)Nc1cccc(CC(F)(F)F)c1. The van der Waals surface area contributed by atoms with Gasteiger partial charge in [0.2, 0.25) is 5.91 Å². The summed E-state index contributed by atoms with van der Waals surface area (Å²) in [5.41, 5.74) is 6.67. The molecule has 0 heterocycles. The zero-order valence-electron chi connectivity index (χ0n) is 12.5. The first-order chi connectivity index (χ1) is 10.3. The van der Waals surface area contributed by atoms with Crippen molar-refractivity contribution in [3.63, 3.8) is 0 Å². The molecule has 7 heteroatoms. The van der Waals surface area contributed by atoms with Crippen LogP contribution in [0.4, 0.5) is 18.9 Å². The summed E-state index contributed by atoms with van der Waals surface area (Å²) in [6.07, 6.45) is -2.16. The summed E-state index contributed by atoms with van der Waals surface area (Å²) in [5.74, 6) is 0.351. The maximum absolute atomic E-state index is 12.4. The van der Waals surface area contributed by atoms with Crippen LogP contribution in [0.25, 0.3) is 0 Å². The summed E-state index contributed by atoms with van der Waals surface area (Å²) in [6.45, 7) is 0. The van der Waals surface area contributed by atoms with Crippen LogP contribution in [0.1, 0.15) is 24.8 Å². The average molecular weight is 349 g/mol. The Bertz CT molecular complexity index is 577. The lowest BCUT2D eigenvalue weighted by Gasteiger charge is -2.27. The molecule has 3 nitrogen and oxygen atoms in total. The van der Waals surface area contributed by atoms with Gasteiger partial charge in [-0.05, 0) is 48.8 Å². The quantitative estimate of drug-likeness (QED) is 0.878. The molecule has 4 unspecified atom stereocenters. The first-order valence-electron chi connectivity index (χ1n) is 7.55. The van der Waals surface area contributed by atoms with E-state index >= 15 is 0 Å². The van der Waals surface area contributed by atoms with E-state index in [2.05, 4.69) is 5.32 Å². The van der Waals surface area contributed by atoms with Crippen molar-refractivity contribution in [2.75, 3.05) is 5.32 Å². The predicted molar refractivity (Wildman–Crippen MR) is 84.4 cm³/mol. The molecule has 1 aromatic rings. The van der Waals surface area contributed by atoms with Crippen LogP contribution >= 0.6 is 12.4 Å². The second-order valence-electron chi connectivity index (χ2n) is 6.42. The topological polar surface area (TPSA) is 55.1 Å². The molecule has 1 amide bonds. The number of anilines is 1. The van der Waals surface area contributed by atoms with Crippen LogP contribution in [0, 0.1) is 17.8 Å². The van der Waals surface area contributed by atoms with Gasteiger partial charge in [0.15, 0.2) is 0 Å². The molecule has 2 bridgehead atoms. The summed E-state index contributed by atoms with van der Waals surface area (Å²) in [4.78, 5) is 12.4. The summed E-state index contributed by atoms with van der Waals surface area (Å²) in [6, 6.07) is 5.79. The number of hydrogen-bond acceptors (Lipinski definition) is 2. The van der Waals surface area contributed by atoms with Crippen LogP contribution in [-0.2, 0) is 11.2 Å². The van der Waals surface area contributed by atoms with E-state index in [0.717, 1.165) is 19.3 Å². The molecule has 1 aromatic carbocycles. The van der Waals surface area contributed by atoms with Crippen molar-refractivity contribution in [2.24, 2.45) is 23.5 Å². The van der Waals surface area contributed by atoms with E-state index in [0.29, 0.717) is 17.5 Å². The van der Waals surface area contributed by atoms with Crippen molar-refractivity contribution in [1.82, 2.24) is 0 Å². The van der Waals surface area contributed by atoms with Gasteiger partial charge in [0.1, 0.15) is 0 Å². The highest BCUT2D eigenvalue weighted by atomic mass is 35.5. The number of halogens is 4. The number of carbonyl (C=O) groups excluding carboxylic acids is 1. The van der Waals surface area contributed by atoms with Crippen molar-refractivity contribution in [1.29, 1.82) is 0 Å². The maximum atomic E-state index is 12.4. The Labute approximate surface area is 139 Å². The van der Waals surface area contributed by atoms with Gasteiger partial charge in [0, 0.05) is 11.7 Å². The van der Waals surface area contributed by atoms with Gasteiger partial charge in [0.25, 0.3) is 0 Å². The Kier molecular flexibility index (Phi) is 5.26. The zero-order chi connectivity index (χ0) is 15.9. The van der Waals surface area contributed by atoms with Crippen LogP contribution in [0.2, 0.25) is 0 Å². The van der Waals surface area contributed by atoms with Gasteiger partial charge in [-0.25, -0.2) is 0 Å². The molecule has 4 atom stereocenters. The van der Waals surface area contributed by atoms with Crippen LogP contribution in [0.3, 0.4) is 0 Å². The number of carbonyl (C=O) groups is 1. The lowest BCUT2D eigenvalue weighted by Crippen LogP contribution is -2.42. The van der Waals surface area contributed by atoms with Crippen LogP contribution in [0.15, 0.2) is 24.3 Å². The molecule has 2 saturated carbocycles. The van der Waals surface area contributed by atoms with E-state index in [1.165, 1.54) is 18.2 Å². The van der Waals surface area contributed by atoms with Crippen molar-refractivity contribution in [3.05, 3.63) is 29.8 Å². The fraction of sp³-hybridized carbons (Fsp3) is 0.562. The van der Waals surface area contributed by atoms with Crippen LogP contribution in [0.5, 0.6) is 0 Å². The zero-order valence-corrected chi connectivity index (χ0v) is 13.3. The minimum atomic E-state index is -4.25. The van der Waals surface area contributed by atoms with Gasteiger partial charge in [0.05, 0.1) is 12.3 Å². The van der Waals surface area contributed by atoms with Crippen molar-refractivity contribution in [3.8, 4) is 0 Å². The number of amides is 1. The normalized spacial score (nSPS) is 29.2. The summed E-state index contributed by atoms with van der Waals surface area (Å²) < 4.78 is 37.3. The minimum Gasteiger partial charge on any atom is -0.327 e. The first-order valence-corrected chi connectivity index (χ1v) is 7.55. The highest BCUT2D eigenvalue weighted by Crippen LogP contribution is 2.47. The van der Waals surface area contributed by atoms with Gasteiger partial charge in [-0.15, -0.1) is 12.4 Å². The highest BCUT2D eigenvalue weighted by Gasteiger charge is 2.49. The average Bonchev–Trinajstić information content (AvgIpc) is 2.97. The van der Waals surface area contributed by atoms with Crippen molar-refractivity contribution < 1.29 is 18.0 Å². The van der Waals surface area contributed by atoms with E-state index in [1.807, 2.05) is 0 Å². The molecule has 0 aromatic heterocycles. The minimum absolute atomic E-state index is 0. The smallest absolute Gasteiger partial charge is 0.327 e. The largest absolute Gasteiger partial charge is 0.393 e. The second-order valence-corrected chi connectivity index (χ2v) is 6.42. The van der Waals surface area contributed by atoms with Gasteiger partial charge >= 0.3 is 6.18 Å². The molecular weight excluding hydrogens is 329 g/mol. The Balaban J connectivity index is 0.00000192. The van der Waals surface area contributed by atoms with Crippen molar-refractivity contribution >= 4 is 24.0 Å². The molecule has 3 N–H and O–H groups in total. The molecule has 0 saturated heterocycles. The standard InChI is InChI=1S/C16H19F3N2O.ClH/c17-16(18,19)8-9-2-1-3-12(6-9)21-15(22)13-10-4-5-11(7-10)14(13)20;/h1-3,6,10-11,13-14H,4-5,7-8,20H2,(H,21,22);1H. The fourth-order valence-corrected chi connectivity index (χ4v) is 3.94. The third-order valence-corrected chi connectivity index (χ3v) is 4.88. The summed E-state index contributed by atoms with van der Waals surface area (Å²) in [7, 11) is 0. The lowest BCUT2D eigenvalue weighted by atomic mass is 9.84. The Hall–Kier alpha value is -1.27.